The third-order valence-electron chi connectivity index (χ3n) is 3.04. The van der Waals surface area contributed by atoms with Gasteiger partial charge in [-0.3, -0.25) is 0 Å². The number of hydrogen-bond donors (Lipinski definition) is 1. The Bertz CT molecular complexity index is 468. The van der Waals surface area contributed by atoms with E-state index < -0.39 is 10.2 Å². The van der Waals surface area contributed by atoms with Crippen molar-refractivity contribution in [1.29, 1.82) is 0 Å². The molecule has 0 aliphatic carbocycles. The van der Waals surface area contributed by atoms with Crippen molar-refractivity contribution < 1.29 is 8.42 Å². The van der Waals surface area contributed by atoms with Crippen molar-refractivity contribution in [3.63, 3.8) is 0 Å². The first-order chi connectivity index (χ1) is 9.02. The summed E-state index contributed by atoms with van der Waals surface area (Å²) in [5, 5.41) is 0. The first kappa shape index (κ1) is 19.3. The SMILES string of the molecule is CCN(C)S(=O)(=O)N(CCN)CCc1ccccc1.Cl. The summed E-state index contributed by atoms with van der Waals surface area (Å²) < 4.78 is 27.3. The number of halogens is 1. The zero-order valence-electron chi connectivity index (χ0n) is 12.0. The number of hydrogen-bond acceptors (Lipinski definition) is 3. The summed E-state index contributed by atoms with van der Waals surface area (Å²) in [6.45, 7) is 3.39. The van der Waals surface area contributed by atoms with Crippen LogP contribution in [0.2, 0.25) is 0 Å². The fraction of sp³-hybridized carbons (Fsp3) is 0.538. The monoisotopic (exact) mass is 321 g/mol. The molecule has 0 heterocycles. The zero-order valence-corrected chi connectivity index (χ0v) is 13.7. The number of nitrogens with zero attached hydrogens (tertiary/aromatic N) is 2. The maximum atomic E-state index is 12.3. The molecule has 0 fully saturated rings. The molecule has 0 saturated heterocycles. The summed E-state index contributed by atoms with van der Waals surface area (Å²) in [5.41, 5.74) is 6.64. The highest BCUT2D eigenvalue weighted by molar-refractivity contribution is 7.86. The molecule has 0 unspecified atom stereocenters. The lowest BCUT2D eigenvalue weighted by Crippen LogP contribution is -2.44. The van der Waals surface area contributed by atoms with Crippen molar-refractivity contribution >= 4 is 22.6 Å². The molecule has 0 aliphatic heterocycles. The van der Waals surface area contributed by atoms with Gasteiger partial charge in [0.15, 0.2) is 0 Å². The van der Waals surface area contributed by atoms with Crippen LogP contribution in [0.1, 0.15) is 12.5 Å². The largest absolute Gasteiger partial charge is 0.329 e. The third kappa shape index (κ3) is 5.38. The van der Waals surface area contributed by atoms with E-state index in [1.54, 1.807) is 7.05 Å². The summed E-state index contributed by atoms with van der Waals surface area (Å²) in [6.07, 6.45) is 0.692. The van der Waals surface area contributed by atoms with Crippen molar-refractivity contribution in [2.45, 2.75) is 13.3 Å². The average molecular weight is 322 g/mol. The third-order valence-corrected chi connectivity index (χ3v) is 5.10. The van der Waals surface area contributed by atoms with Crippen LogP contribution in [-0.2, 0) is 16.6 Å². The fourth-order valence-electron chi connectivity index (χ4n) is 1.75. The Morgan fingerprint density at radius 1 is 1.15 bits per heavy atom. The van der Waals surface area contributed by atoms with Crippen LogP contribution in [-0.4, -0.2) is 50.3 Å². The van der Waals surface area contributed by atoms with Gasteiger partial charge in [0.1, 0.15) is 0 Å². The predicted molar refractivity (Wildman–Crippen MR) is 85.2 cm³/mol. The maximum absolute atomic E-state index is 12.3. The molecule has 0 radical (unpaired) electrons. The molecule has 0 atom stereocenters. The van der Waals surface area contributed by atoms with Crippen molar-refractivity contribution in [2.24, 2.45) is 5.73 Å². The van der Waals surface area contributed by atoms with Gasteiger partial charge in [-0.15, -0.1) is 12.4 Å². The van der Waals surface area contributed by atoms with E-state index in [-0.39, 0.29) is 12.4 Å². The highest BCUT2D eigenvalue weighted by Gasteiger charge is 2.24. The highest BCUT2D eigenvalue weighted by atomic mass is 35.5. The van der Waals surface area contributed by atoms with E-state index in [0.29, 0.717) is 32.6 Å². The maximum Gasteiger partial charge on any atom is 0.281 e. The van der Waals surface area contributed by atoms with Gasteiger partial charge in [0, 0.05) is 33.2 Å². The number of nitrogens with two attached hydrogens (primary N) is 1. The van der Waals surface area contributed by atoms with E-state index in [0.717, 1.165) is 5.56 Å². The van der Waals surface area contributed by atoms with E-state index in [9.17, 15) is 8.42 Å². The van der Waals surface area contributed by atoms with Crippen LogP contribution in [0.3, 0.4) is 0 Å². The molecule has 1 aromatic carbocycles. The van der Waals surface area contributed by atoms with Gasteiger partial charge in [-0.1, -0.05) is 37.3 Å². The number of rotatable bonds is 8. The Hall–Kier alpha value is -0.660. The van der Waals surface area contributed by atoms with Gasteiger partial charge in [-0.2, -0.15) is 17.0 Å². The predicted octanol–water partition coefficient (Wildman–Crippen LogP) is 1.11. The first-order valence-corrected chi connectivity index (χ1v) is 7.87. The van der Waals surface area contributed by atoms with Gasteiger partial charge in [-0.05, 0) is 12.0 Å². The van der Waals surface area contributed by atoms with E-state index in [1.165, 1.54) is 8.61 Å². The Morgan fingerprint density at radius 3 is 2.25 bits per heavy atom. The van der Waals surface area contributed by atoms with Gasteiger partial charge in [0.25, 0.3) is 10.2 Å². The second-order valence-corrected chi connectivity index (χ2v) is 6.38. The smallest absolute Gasteiger partial charge is 0.281 e. The molecule has 1 aromatic rings. The Morgan fingerprint density at radius 2 is 1.75 bits per heavy atom. The summed E-state index contributed by atoms with van der Waals surface area (Å²) in [4.78, 5) is 0. The lowest BCUT2D eigenvalue weighted by molar-refractivity contribution is 0.370. The molecule has 0 saturated carbocycles. The van der Waals surface area contributed by atoms with Crippen LogP contribution in [0.25, 0.3) is 0 Å². The topological polar surface area (TPSA) is 66.6 Å². The first-order valence-electron chi connectivity index (χ1n) is 6.47. The Labute approximate surface area is 128 Å². The van der Waals surface area contributed by atoms with Crippen molar-refractivity contribution in [1.82, 2.24) is 8.61 Å². The highest BCUT2D eigenvalue weighted by Crippen LogP contribution is 2.08. The minimum Gasteiger partial charge on any atom is -0.329 e. The zero-order chi connectivity index (χ0) is 14.3. The van der Waals surface area contributed by atoms with E-state index in [2.05, 4.69) is 0 Å². The molecular weight excluding hydrogens is 298 g/mol. The molecular formula is C13H24ClN3O2S. The summed E-state index contributed by atoms with van der Waals surface area (Å²) in [5.74, 6) is 0. The average Bonchev–Trinajstić information content (AvgIpc) is 2.43. The molecule has 0 spiro atoms. The van der Waals surface area contributed by atoms with E-state index >= 15 is 0 Å². The van der Waals surface area contributed by atoms with Crippen LogP contribution in [0, 0.1) is 0 Å². The van der Waals surface area contributed by atoms with Crippen LogP contribution in [0.4, 0.5) is 0 Å². The van der Waals surface area contributed by atoms with E-state index in [1.807, 2.05) is 37.3 Å². The molecule has 20 heavy (non-hydrogen) atoms. The minimum atomic E-state index is -3.40. The lowest BCUT2D eigenvalue weighted by atomic mass is 10.1. The van der Waals surface area contributed by atoms with E-state index in [4.69, 9.17) is 5.73 Å². The summed E-state index contributed by atoms with van der Waals surface area (Å²) in [6, 6.07) is 9.85. The minimum absolute atomic E-state index is 0. The summed E-state index contributed by atoms with van der Waals surface area (Å²) in [7, 11) is -1.81. The standard InChI is InChI=1S/C13H23N3O2S.ClH/c1-3-15(2)19(17,18)16(12-10-14)11-9-13-7-5-4-6-8-13;/h4-8H,3,9-12,14H2,1-2H3;1H. The van der Waals surface area contributed by atoms with Gasteiger partial charge in [0.05, 0.1) is 0 Å². The molecule has 7 heteroatoms. The molecule has 0 amide bonds. The van der Waals surface area contributed by atoms with Gasteiger partial charge in [-0.25, -0.2) is 0 Å². The van der Waals surface area contributed by atoms with Crippen LogP contribution >= 0.6 is 12.4 Å². The molecule has 1 rings (SSSR count). The molecule has 0 aromatic heterocycles. The second kappa shape index (κ2) is 9.31. The number of benzene rings is 1. The normalized spacial score (nSPS) is 11.7. The van der Waals surface area contributed by atoms with Crippen LogP contribution < -0.4 is 5.73 Å². The lowest BCUT2D eigenvalue weighted by Gasteiger charge is -2.26. The Balaban J connectivity index is 0.00000361. The molecule has 2 N–H and O–H groups in total. The van der Waals surface area contributed by atoms with Crippen molar-refractivity contribution in [3.05, 3.63) is 35.9 Å². The quantitative estimate of drug-likeness (QED) is 0.780. The Kier molecular flexibility index (Phi) is 9.00. The second-order valence-electron chi connectivity index (χ2n) is 4.35. The van der Waals surface area contributed by atoms with Crippen molar-refractivity contribution in [2.75, 3.05) is 33.2 Å². The molecule has 0 bridgehead atoms. The van der Waals surface area contributed by atoms with Crippen LogP contribution in [0.15, 0.2) is 30.3 Å². The van der Waals surface area contributed by atoms with Gasteiger partial charge in [0.2, 0.25) is 0 Å². The fourth-order valence-corrected chi connectivity index (χ4v) is 3.12. The molecule has 116 valence electrons. The molecule has 5 nitrogen and oxygen atoms in total. The summed E-state index contributed by atoms with van der Waals surface area (Å²) >= 11 is 0. The van der Waals surface area contributed by atoms with Gasteiger partial charge < -0.3 is 5.73 Å². The van der Waals surface area contributed by atoms with Crippen LogP contribution in [0.5, 0.6) is 0 Å². The van der Waals surface area contributed by atoms with Gasteiger partial charge >= 0.3 is 0 Å². The van der Waals surface area contributed by atoms with Crippen molar-refractivity contribution in [3.8, 4) is 0 Å². The molecule has 0 aliphatic rings.